The third-order valence-electron chi connectivity index (χ3n) is 7.07. The quantitative estimate of drug-likeness (QED) is 0.501. The van der Waals surface area contributed by atoms with Gasteiger partial charge in [-0.1, -0.05) is 66.2 Å². The molecular weight excluding hydrogens is 320 g/mol. The molecule has 2 aliphatic carbocycles. The van der Waals surface area contributed by atoms with Crippen LogP contribution in [-0.4, -0.2) is 12.1 Å². The zero-order valence-corrected chi connectivity index (χ0v) is 18.3. The Balaban J connectivity index is 2.37. The molecule has 148 valence electrons. The summed E-state index contributed by atoms with van der Waals surface area (Å²) in [6, 6.07) is 0. The van der Waals surface area contributed by atoms with E-state index in [1.165, 1.54) is 18.4 Å². The Bertz CT molecular complexity index is 569. The van der Waals surface area contributed by atoms with Gasteiger partial charge in [-0.15, -0.1) is 0 Å². The van der Waals surface area contributed by atoms with Gasteiger partial charge in [-0.05, 0) is 62.4 Å². The van der Waals surface area contributed by atoms with Crippen molar-refractivity contribution in [2.45, 2.75) is 87.2 Å². The minimum atomic E-state index is -0.412. The minimum absolute atomic E-state index is 0.0274. The number of allylic oxidation sites excluding steroid dienone is 3. The lowest BCUT2D eigenvalue weighted by Crippen LogP contribution is -2.50. The van der Waals surface area contributed by atoms with Gasteiger partial charge >= 0.3 is 5.97 Å². The molecule has 0 aromatic heterocycles. The van der Waals surface area contributed by atoms with Gasteiger partial charge in [0, 0.05) is 5.41 Å². The standard InChI is InChI=1S/C24H40O2/c1-9-23(6,7)22(25)26-21-15-17(4)14-19-12-11-18(5)20(24(19,21)8)13-10-16(2)3/h11-12,14,16-18,20-21H,9-10,13,15H2,1-8H3. The second kappa shape index (κ2) is 7.90. The van der Waals surface area contributed by atoms with Gasteiger partial charge in [-0.3, -0.25) is 4.79 Å². The van der Waals surface area contributed by atoms with Gasteiger partial charge in [0.1, 0.15) is 6.10 Å². The van der Waals surface area contributed by atoms with Crippen molar-refractivity contribution >= 4 is 5.97 Å². The van der Waals surface area contributed by atoms with Crippen LogP contribution in [-0.2, 0) is 9.53 Å². The van der Waals surface area contributed by atoms with Gasteiger partial charge in [-0.25, -0.2) is 0 Å². The van der Waals surface area contributed by atoms with Crippen molar-refractivity contribution in [2.24, 2.45) is 34.5 Å². The summed E-state index contributed by atoms with van der Waals surface area (Å²) in [6.07, 6.45) is 11.2. The van der Waals surface area contributed by atoms with Gasteiger partial charge < -0.3 is 4.74 Å². The van der Waals surface area contributed by atoms with E-state index in [2.05, 4.69) is 59.8 Å². The summed E-state index contributed by atoms with van der Waals surface area (Å²) < 4.78 is 6.26. The second-order valence-electron chi connectivity index (χ2n) is 10.0. The normalized spacial score (nSPS) is 34.4. The fourth-order valence-electron chi connectivity index (χ4n) is 4.63. The number of carbonyl (C=O) groups excluding carboxylic acids is 1. The first kappa shape index (κ1) is 21.3. The van der Waals surface area contributed by atoms with Crippen molar-refractivity contribution < 1.29 is 9.53 Å². The van der Waals surface area contributed by atoms with Crippen LogP contribution in [0.2, 0.25) is 0 Å². The molecule has 0 aliphatic heterocycles. The molecule has 2 aliphatic rings. The van der Waals surface area contributed by atoms with Crippen molar-refractivity contribution in [1.29, 1.82) is 0 Å². The molecule has 0 N–H and O–H groups in total. The summed E-state index contributed by atoms with van der Waals surface area (Å²) in [5.74, 6) is 2.15. The maximum absolute atomic E-state index is 12.9. The van der Waals surface area contributed by atoms with E-state index in [-0.39, 0.29) is 17.5 Å². The molecule has 0 radical (unpaired) electrons. The van der Waals surface area contributed by atoms with E-state index in [0.717, 1.165) is 12.8 Å². The number of ether oxygens (including phenoxy) is 1. The maximum atomic E-state index is 12.9. The van der Waals surface area contributed by atoms with Gasteiger partial charge in [-0.2, -0.15) is 0 Å². The fourth-order valence-corrected chi connectivity index (χ4v) is 4.63. The van der Waals surface area contributed by atoms with Crippen LogP contribution in [0.5, 0.6) is 0 Å². The second-order valence-corrected chi connectivity index (χ2v) is 10.0. The first-order chi connectivity index (χ1) is 12.0. The molecule has 26 heavy (non-hydrogen) atoms. The van der Waals surface area contributed by atoms with E-state index in [4.69, 9.17) is 4.74 Å². The smallest absolute Gasteiger partial charge is 0.311 e. The van der Waals surface area contributed by atoms with Crippen LogP contribution in [0.15, 0.2) is 23.8 Å². The highest BCUT2D eigenvalue weighted by molar-refractivity contribution is 5.76. The lowest BCUT2D eigenvalue weighted by atomic mass is 9.55. The number of carbonyl (C=O) groups is 1. The van der Waals surface area contributed by atoms with E-state index in [9.17, 15) is 4.79 Å². The lowest BCUT2D eigenvalue weighted by Gasteiger charge is -2.52. The molecule has 2 rings (SSSR count). The van der Waals surface area contributed by atoms with Crippen molar-refractivity contribution in [3.8, 4) is 0 Å². The molecule has 0 fully saturated rings. The van der Waals surface area contributed by atoms with E-state index in [1.807, 2.05) is 13.8 Å². The Morgan fingerprint density at radius 1 is 1.35 bits per heavy atom. The fraction of sp³-hybridized carbons (Fsp3) is 0.792. The van der Waals surface area contributed by atoms with Crippen LogP contribution < -0.4 is 0 Å². The first-order valence-electron chi connectivity index (χ1n) is 10.6. The summed E-state index contributed by atoms with van der Waals surface area (Å²) in [4.78, 5) is 12.9. The summed E-state index contributed by atoms with van der Waals surface area (Å²) in [5, 5.41) is 0. The zero-order valence-electron chi connectivity index (χ0n) is 18.3. The zero-order chi connectivity index (χ0) is 19.7. The van der Waals surface area contributed by atoms with Crippen molar-refractivity contribution in [3.05, 3.63) is 23.8 Å². The molecule has 5 unspecified atom stereocenters. The highest BCUT2D eigenvalue weighted by Gasteiger charge is 2.51. The van der Waals surface area contributed by atoms with Crippen LogP contribution in [0.25, 0.3) is 0 Å². The molecule has 5 atom stereocenters. The van der Waals surface area contributed by atoms with Gasteiger partial charge in [0.15, 0.2) is 0 Å². The molecule has 0 saturated heterocycles. The summed E-state index contributed by atoms with van der Waals surface area (Å²) in [7, 11) is 0. The summed E-state index contributed by atoms with van der Waals surface area (Å²) in [5.41, 5.74) is 0.898. The predicted molar refractivity (Wildman–Crippen MR) is 110 cm³/mol. The van der Waals surface area contributed by atoms with Gasteiger partial charge in [0.25, 0.3) is 0 Å². The minimum Gasteiger partial charge on any atom is -0.461 e. The molecule has 0 bridgehead atoms. The van der Waals surface area contributed by atoms with Gasteiger partial charge in [0.2, 0.25) is 0 Å². The molecular formula is C24H40O2. The molecule has 0 amide bonds. The Labute approximate surface area is 161 Å². The number of hydrogen-bond donors (Lipinski definition) is 0. The van der Waals surface area contributed by atoms with E-state index in [0.29, 0.717) is 23.7 Å². The maximum Gasteiger partial charge on any atom is 0.311 e. The lowest BCUT2D eigenvalue weighted by molar-refractivity contribution is -0.170. The van der Waals surface area contributed by atoms with Crippen LogP contribution in [0.3, 0.4) is 0 Å². The molecule has 0 heterocycles. The summed E-state index contributed by atoms with van der Waals surface area (Å²) in [6.45, 7) is 17.6. The van der Waals surface area contributed by atoms with E-state index < -0.39 is 5.41 Å². The highest BCUT2D eigenvalue weighted by atomic mass is 16.5. The third-order valence-corrected chi connectivity index (χ3v) is 7.07. The van der Waals surface area contributed by atoms with Crippen molar-refractivity contribution in [1.82, 2.24) is 0 Å². The van der Waals surface area contributed by atoms with Crippen molar-refractivity contribution in [3.63, 3.8) is 0 Å². The first-order valence-corrected chi connectivity index (χ1v) is 10.6. The Morgan fingerprint density at radius 3 is 2.58 bits per heavy atom. The topological polar surface area (TPSA) is 26.3 Å². The number of esters is 1. The number of fused-ring (bicyclic) bond motifs is 1. The molecule has 0 aromatic carbocycles. The Hall–Kier alpha value is -1.05. The largest absolute Gasteiger partial charge is 0.461 e. The van der Waals surface area contributed by atoms with E-state index >= 15 is 0 Å². The molecule has 2 nitrogen and oxygen atoms in total. The van der Waals surface area contributed by atoms with Crippen LogP contribution >= 0.6 is 0 Å². The van der Waals surface area contributed by atoms with Crippen LogP contribution in [0.1, 0.15) is 81.1 Å². The summed E-state index contributed by atoms with van der Waals surface area (Å²) >= 11 is 0. The number of hydrogen-bond acceptors (Lipinski definition) is 2. The molecule has 0 aromatic rings. The average molecular weight is 361 g/mol. The third kappa shape index (κ3) is 4.10. The average Bonchev–Trinajstić information content (AvgIpc) is 2.55. The molecule has 0 spiro atoms. The SMILES string of the molecule is CCC(C)(C)C(=O)OC1CC(C)C=C2C=CC(C)C(CCC(C)C)C21C. The molecule has 0 saturated carbocycles. The monoisotopic (exact) mass is 360 g/mol. The van der Waals surface area contributed by atoms with Crippen molar-refractivity contribution in [2.75, 3.05) is 0 Å². The Kier molecular flexibility index (Phi) is 6.46. The predicted octanol–water partition coefficient (Wildman–Crippen LogP) is 6.57. The van der Waals surface area contributed by atoms with E-state index in [1.54, 1.807) is 0 Å². The van der Waals surface area contributed by atoms with Gasteiger partial charge in [0.05, 0.1) is 5.41 Å². The highest BCUT2D eigenvalue weighted by Crippen LogP contribution is 2.54. The Morgan fingerprint density at radius 2 is 2.00 bits per heavy atom. The molecule has 2 heteroatoms. The van der Waals surface area contributed by atoms with Crippen LogP contribution in [0, 0.1) is 34.5 Å². The number of rotatable bonds is 6. The van der Waals surface area contributed by atoms with Crippen LogP contribution in [0.4, 0.5) is 0 Å².